The Labute approximate surface area is 165 Å². The largest absolute Gasteiger partial charge is 0.543 e. The van der Waals surface area contributed by atoms with E-state index in [1.807, 2.05) is 41.4 Å². The van der Waals surface area contributed by atoms with Crippen molar-refractivity contribution in [3.05, 3.63) is 47.2 Å². The van der Waals surface area contributed by atoms with Gasteiger partial charge in [0.1, 0.15) is 18.5 Å². The second-order valence-corrected chi connectivity index (χ2v) is 7.20. The quantitative estimate of drug-likeness (QED) is 0.284. The molecule has 3 heterocycles. The molecule has 0 bridgehead atoms. The molecular weight excluding hydrogens is 461 g/mol. The number of aliphatic carboxylic acids is 1. The van der Waals surface area contributed by atoms with Crippen LogP contribution in [-0.2, 0) is 16.6 Å². The van der Waals surface area contributed by atoms with Crippen LogP contribution < -0.4 is 15.4 Å². The Morgan fingerprint density at radius 2 is 2.29 bits per heavy atom. The molecule has 2 atom stereocenters. The number of carbonyl (C=O) groups excluding carboxylic acids is 2. The molecule has 1 fully saturated rings. The van der Waals surface area contributed by atoms with E-state index in [2.05, 4.69) is 0 Å². The average molecular weight is 477 g/mol. The van der Waals surface area contributed by atoms with Gasteiger partial charge in [0.25, 0.3) is 0 Å². The molecule has 0 aliphatic carbocycles. The third-order valence-corrected chi connectivity index (χ3v) is 5.96. The van der Waals surface area contributed by atoms with Crippen molar-refractivity contribution >= 4 is 59.4 Å². The fourth-order valence-electron chi connectivity index (χ4n) is 2.47. The minimum Gasteiger partial charge on any atom is -0.543 e. The van der Waals surface area contributed by atoms with Gasteiger partial charge in [0, 0.05) is 17.9 Å². The molecule has 2 aliphatic rings. The Balaban J connectivity index is 0.00000208. The van der Waals surface area contributed by atoms with Gasteiger partial charge in [-0.2, -0.15) is 4.57 Å². The van der Waals surface area contributed by atoms with Crippen LogP contribution >= 0.6 is 47.5 Å². The zero-order valence-corrected chi connectivity index (χ0v) is 16.7. The number of rotatable bonds is 4. The van der Waals surface area contributed by atoms with E-state index in [9.17, 15) is 14.7 Å². The fourth-order valence-corrected chi connectivity index (χ4v) is 4.49. The molecule has 2 aliphatic heterocycles. The van der Waals surface area contributed by atoms with Gasteiger partial charge in [-0.05, 0) is 34.9 Å². The number of nitrogens with two attached hydrogens (primary N) is 1. The van der Waals surface area contributed by atoms with Crippen LogP contribution in [0.25, 0.3) is 0 Å². The molecule has 0 spiro atoms. The van der Waals surface area contributed by atoms with Gasteiger partial charge in [0.05, 0.1) is 11.7 Å². The lowest BCUT2D eigenvalue weighted by atomic mass is 10.0. The molecule has 6 nitrogen and oxygen atoms in total. The summed E-state index contributed by atoms with van der Waals surface area (Å²) in [5.74, 6) is -1.22. The van der Waals surface area contributed by atoms with Gasteiger partial charge >= 0.3 is 0 Å². The van der Waals surface area contributed by atoms with Crippen molar-refractivity contribution in [2.45, 2.75) is 16.4 Å². The summed E-state index contributed by atoms with van der Waals surface area (Å²) in [5, 5.41) is 14.0. The van der Waals surface area contributed by atoms with Gasteiger partial charge in [-0.3, -0.25) is 9.69 Å². The number of halogens is 1. The Kier molecular flexibility index (Phi) is 6.34. The fraction of sp³-hybridized carbons (Fsp3) is 0.267. The van der Waals surface area contributed by atoms with Crippen LogP contribution in [-0.4, -0.2) is 33.9 Å². The highest BCUT2D eigenvalue weighted by Gasteiger charge is 2.49. The maximum absolute atomic E-state index is 11.8. The number of carboxylic acids is 1. The molecule has 1 unspecified atom stereocenters. The number of carbonyl (C=O) groups is 2. The molecule has 0 radical (unpaired) electrons. The molecule has 24 heavy (non-hydrogen) atoms. The molecule has 128 valence electrons. The van der Waals surface area contributed by atoms with Crippen molar-refractivity contribution in [3.63, 3.8) is 0 Å². The number of nitrogens with zero attached hydrogens (tertiary/aromatic N) is 2. The molecule has 3 rings (SSSR count). The van der Waals surface area contributed by atoms with Gasteiger partial charge in [-0.1, -0.05) is 0 Å². The van der Waals surface area contributed by atoms with Crippen molar-refractivity contribution in [2.24, 2.45) is 12.8 Å². The minimum atomic E-state index is -1.34. The zero-order chi connectivity index (χ0) is 16.6. The van der Waals surface area contributed by atoms with Crippen molar-refractivity contribution in [1.82, 2.24) is 4.90 Å². The van der Waals surface area contributed by atoms with Crippen molar-refractivity contribution in [2.75, 3.05) is 5.75 Å². The Morgan fingerprint density at radius 1 is 1.54 bits per heavy atom. The predicted molar refractivity (Wildman–Crippen MR) is 101 cm³/mol. The molecule has 9 heteroatoms. The van der Waals surface area contributed by atoms with E-state index in [-0.39, 0.29) is 41.0 Å². The van der Waals surface area contributed by atoms with E-state index >= 15 is 0 Å². The number of allylic oxidation sites excluding steroid dienone is 1. The SMILES string of the molecule is C[n+]1ccccc1SC=CC1=C(C(=O)[O-])N2C(=O)C(N)[C@H]2SC1.I. The van der Waals surface area contributed by atoms with Crippen molar-refractivity contribution in [1.29, 1.82) is 0 Å². The van der Waals surface area contributed by atoms with Crippen LogP contribution in [0.3, 0.4) is 0 Å². The van der Waals surface area contributed by atoms with E-state index in [0.29, 0.717) is 11.3 Å². The first-order valence-corrected chi connectivity index (χ1v) is 8.86. The van der Waals surface area contributed by atoms with Crippen LogP contribution in [0, 0.1) is 0 Å². The molecule has 1 aromatic heterocycles. The van der Waals surface area contributed by atoms with Gasteiger partial charge in [0.15, 0.2) is 6.20 Å². The maximum atomic E-state index is 11.8. The standard InChI is InChI=1S/C15H15N3O3S2.HI/c1-17-6-3-2-4-10(17)22-7-5-9-8-23-14-11(16)13(19)18(14)12(9)15(20)21;/h2-7,11,14H,8,16H2,1H3;1H/t11?,14-;/m1./s1. The molecule has 1 amide bonds. The van der Waals surface area contributed by atoms with E-state index in [1.165, 1.54) is 28.4 Å². The first kappa shape index (κ1) is 19.3. The minimum absolute atomic E-state index is 0. The maximum Gasteiger partial charge on any atom is 0.248 e. The average Bonchev–Trinajstić information content (AvgIpc) is 2.55. The second-order valence-electron chi connectivity index (χ2n) is 5.17. The number of β-lactam (4-membered cyclic amide) rings is 1. The number of fused-ring (bicyclic) bond motifs is 1. The zero-order valence-electron chi connectivity index (χ0n) is 12.7. The monoisotopic (exact) mass is 477 g/mol. The number of carboxylic acid groups (broad SMARTS) is 1. The van der Waals surface area contributed by atoms with Crippen LogP contribution in [0.15, 0.2) is 52.2 Å². The molecule has 0 saturated carbocycles. The van der Waals surface area contributed by atoms with Gasteiger partial charge < -0.3 is 15.6 Å². The molecular formula is C15H16IN3O3S2. The lowest BCUT2D eigenvalue weighted by molar-refractivity contribution is -0.708. The summed E-state index contributed by atoms with van der Waals surface area (Å²) >= 11 is 2.94. The summed E-state index contributed by atoms with van der Waals surface area (Å²) in [6.45, 7) is 0. The number of hydrogen-bond acceptors (Lipinski definition) is 6. The molecule has 1 aromatic rings. The summed E-state index contributed by atoms with van der Waals surface area (Å²) in [6.07, 6.45) is 3.66. The summed E-state index contributed by atoms with van der Waals surface area (Å²) < 4.78 is 1.96. The van der Waals surface area contributed by atoms with E-state index in [1.54, 1.807) is 6.08 Å². The lowest BCUT2D eigenvalue weighted by Crippen LogP contribution is -2.69. The van der Waals surface area contributed by atoms with E-state index in [0.717, 1.165) is 5.03 Å². The van der Waals surface area contributed by atoms with Gasteiger partial charge in [0.2, 0.25) is 10.9 Å². The first-order valence-electron chi connectivity index (χ1n) is 6.93. The van der Waals surface area contributed by atoms with E-state index < -0.39 is 12.0 Å². The number of amides is 1. The second kappa shape index (κ2) is 7.89. The normalized spacial score (nSPS) is 22.9. The topological polar surface area (TPSA) is 90.3 Å². The third kappa shape index (κ3) is 3.48. The number of aromatic nitrogens is 1. The highest BCUT2D eigenvalue weighted by atomic mass is 127. The number of hydrogen-bond donors (Lipinski definition) is 1. The van der Waals surface area contributed by atoms with Crippen molar-refractivity contribution in [3.8, 4) is 0 Å². The predicted octanol–water partition coefficient (Wildman–Crippen LogP) is -0.0187. The highest BCUT2D eigenvalue weighted by molar-refractivity contribution is 14.0. The number of thioether (sulfide) groups is 2. The van der Waals surface area contributed by atoms with Crippen LogP contribution in [0.5, 0.6) is 0 Å². The Bertz CT molecular complexity index is 738. The van der Waals surface area contributed by atoms with E-state index in [4.69, 9.17) is 5.73 Å². The summed E-state index contributed by atoms with van der Waals surface area (Å²) in [5.41, 5.74) is 6.21. The third-order valence-electron chi connectivity index (χ3n) is 3.70. The van der Waals surface area contributed by atoms with Gasteiger partial charge in [-0.15, -0.1) is 35.7 Å². The lowest BCUT2D eigenvalue weighted by Gasteiger charge is -2.49. The summed E-state index contributed by atoms with van der Waals surface area (Å²) in [6, 6.07) is 5.20. The van der Waals surface area contributed by atoms with Crippen LogP contribution in [0.4, 0.5) is 0 Å². The Morgan fingerprint density at radius 3 is 2.96 bits per heavy atom. The van der Waals surface area contributed by atoms with Crippen molar-refractivity contribution < 1.29 is 19.3 Å². The molecule has 0 aromatic carbocycles. The molecule has 2 N–H and O–H groups in total. The van der Waals surface area contributed by atoms with Crippen LogP contribution in [0.2, 0.25) is 0 Å². The number of pyridine rings is 1. The van der Waals surface area contributed by atoms with Crippen LogP contribution in [0.1, 0.15) is 0 Å². The number of aryl methyl sites for hydroxylation is 1. The summed E-state index contributed by atoms with van der Waals surface area (Å²) in [4.78, 5) is 24.5. The van der Waals surface area contributed by atoms with Gasteiger partial charge in [-0.25, -0.2) is 0 Å². The Hall–Kier alpha value is -1.04. The molecule has 1 saturated heterocycles. The first-order chi connectivity index (χ1) is 11.0. The smallest absolute Gasteiger partial charge is 0.248 e. The highest BCUT2D eigenvalue weighted by Crippen LogP contribution is 2.39. The summed E-state index contributed by atoms with van der Waals surface area (Å²) in [7, 11) is 1.93.